The number of nitrogens with zero attached hydrogens (tertiary/aromatic N) is 3. The maximum atomic E-state index is 13.8. The van der Waals surface area contributed by atoms with Gasteiger partial charge in [0.2, 0.25) is 5.72 Å². The number of benzene rings is 1. The highest BCUT2D eigenvalue weighted by Crippen LogP contribution is 2.38. The van der Waals surface area contributed by atoms with Crippen LogP contribution in [0.1, 0.15) is 0 Å². The minimum absolute atomic E-state index is 0.133. The van der Waals surface area contributed by atoms with Gasteiger partial charge in [-0.15, -0.1) is 5.10 Å². The minimum Gasteiger partial charge on any atom is -0.385 e. The molecular formula is C13H15FN3O7P. The number of rotatable bonds is 5. The number of phosphoric acid groups is 1. The third kappa shape index (κ3) is 3.62. The van der Waals surface area contributed by atoms with Crippen molar-refractivity contribution in [3.63, 3.8) is 0 Å². The van der Waals surface area contributed by atoms with Crippen LogP contribution in [0, 0.1) is 5.82 Å². The molecule has 2 unspecified atom stereocenters. The van der Waals surface area contributed by atoms with E-state index in [1.807, 2.05) is 0 Å². The highest BCUT2D eigenvalue weighted by atomic mass is 31.2. The molecule has 2 heterocycles. The summed E-state index contributed by atoms with van der Waals surface area (Å²) in [5.74, 6) is -0.530. The van der Waals surface area contributed by atoms with Gasteiger partial charge in [0.25, 0.3) is 0 Å². The van der Waals surface area contributed by atoms with Crippen LogP contribution in [0.2, 0.25) is 0 Å². The average molecular weight is 375 g/mol. The Hall–Kier alpha value is -1.72. The second kappa shape index (κ2) is 6.54. The molecule has 1 saturated heterocycles. The van der Waals surface area contributed by atoms with Gasteiger partial charge < -0.3 is 24.7 Å². The van der Waals surface area contributed by atoms with Crippen LogP contribution in [0.15, 0.2) is 30.5 Å². The fourth-order valence-corrected chi connectivity index (χ4v) is 2.80. The molecule has 1 aromatic carbocycles. The van der Waals surface area contributed by atoms with Gasteiger partial charge in [0.1, 0.15) is 23.7 Å². The van der Waals surface area contributed by atoms with Crippen LogP contribution in [-0.2, 0) is 19.6 Å². The molecule has 12 heteroatoms. The first-order valence-electron chi connectivity index (χ1n) is 7.10. The molecule has 0 saturated carbocycles. The molecular weight excluding hydrogens is 360 g/mol. The van der Waals surface area contributed by atoms with Crippen molar-refractivity contribution >= 4 is 7.82 Å². The molecule has 2 aromatic rings. The zero-order chi connectivity index (χ0) is 18.2. The van der Waals surface area contributed by atoms with Crippen molar-refractivity contribution in [2.75, 3.05) is 13.2 Å². The van der Waals surface area contributed by atoms with E-state index in [0.29, 0.717) is 0 Å². The number of halogens is 1. The molecule has 25 heavy (non-hydrogen) atoms. The number of aromatic nitrogens is 3. The summed E-state index contributed by atoms with van der Waals surface area (Å²) in [7, 11) is -4.75. The van der Waals surface area contributed by atoms with Crippen LogP contribution >= 0.6 is 7.82 Å². The van der Waals surface area contributed by atoms with E-state index in [2.05, 4.69) is 14.8 Å². The van der Waals surface area contributed by atoms with Gasteiger partial charge in [-0.05, 0) is 12.1 Å². The summed E-state index contributed by atoms with van der Waals surface area (Å²) in [6, 6.07) is 5.84. The standard InChI is InChI=1S/C13H15FN3O7P/c14-9-4-2-1-3-8(9)10-5-17(16-15-10)13(19)7-23-11(12(13)18)6-24-25(20,21)22/h1-5,11-12,18-19H,6-7H2,(H2,20,21,22)/t11-,12?,13?/m1/s1. The predicted octanol–water partition coefficient (Wildman–Crippen LogP) is -0.402. The largest absolute Gasteiger partial charge is 0.469 e. The van der Waals surface area contributed by atoms with Crippen molar-refractivity contribution in [3.8, 4) is 11.3 Å². The summed E-state index contributed by atoms with van der Waals surface area (Å²) in [6.45, 7) is -1.06. The van der Waals surface area contributed by atoms with Gasteiger partial charge in [-0.2, -0.15) is 0 Å². The molecule has 3 rings (SSSR count). The Morgan fingerprint density at radius 3 is 2.84 bits per heavy atom. The normalized spacial score (nSPS) is 26.9. The highest BCUT2D eigenvalue weighted by molar-refractivity contribution is 7.46. The van der Waals surface area contributed by atoms with E-state index in [-0.39, 0.29) is 11.3 Å². The SMILES string of the molecule is O=P(O)(O)OC[C@H]1OCC(O)(n2cc(-c3ccccc3F)nn2)C1O. The summed E-state index contributed by atoms with van der Waals surface area (Å²) in [5.41, 5.74) is -1.75. The Balaban J connectivity index is 1.80. The molecule has 1 aliphatic heterocycles. The number of phosphoric ester groups is 1. The summed E-state index contributed by atoms with van der Waals surface area (Å²) in [6.07, 6.45) is -1.56. The van der Waals surface area contributed by atoms with Gasteiger partial charge >= 0.3 is 7.82 Å². The van der Waals surface area contributed by atoms with Crippen LogP contribution < -0.4 is 0 Å². The van der Waals surface area contributed by atoms with E-state index < -0.39 is 44.8 Å². The Morgan fingerprint density at radius 2 is 2.16 bits per heavy atom. The Kier molecular flexibility index (Phi) is 4.73. The van der Waals surface area contributed by atoms with Crippen LogP contribution in [0.25, 0.3) is 11.3 Å². The zero-order valence-electron chi connectivity index (χ0n) is 12.6. The zero-order valence-corrected chi connectivity index (χ0v) is 13.5. The van der Waals surface area contributed by atoms with E-state index in [1.54, 1.807) is 6.07 Å². The second-order valence-corrected chi connectivity index (χ2v) is 6.73. The lowest BCUT2D eigenvalue weighted by Gasteiger charge is -2.25. The van der Waals surface area contributed by atoms with Gasteiger partial charge in [-0.25, -0.2) is 13.6 Å². The smallest absolute Gasteiger partial charge is 0.385 e. The molecule has 1 fully saturated rings. The molecule has 10 nitrogen and oxygen atoms in total. The number of aliphatic hydroxyl groups is 2. The Morgan fingerprint density at radius 1 is 1.44 bits per heavy atom. The third-order valence-electron chi connectivity index (χ3n) is 3.78. The number of aliphatic hydroxyl groups excluding tert-OH is 1. The molecule has 4 N–H and O–H groups in total. The van der Waals surface area contributed by atoms with E-state index in [4.69, 9.17) is 14.5 Å². The number of hydrogen-bond donors (Lipinski definition) is 4. The van der Waals surface area contributed by atoms with E-state index in [1.165, 1.54) is 24.4 Å². The highest BCUT2D eigenvalue weighted by Gasteiger charge is 2.51. The monoisotopic (exact) mass is 375 g/mol. The summed E-state index contributed by atoms with van der Waals surface area (Å²) >= 11 is 0. The van der Waals surface area contributed by atoms with Crippen molar-refractivity contribution in [3.05, 3.63) is 36.3 Å². The van der Waals surface area contributed by atoms with Crippen LogP contribution in [0.3, 0.4) is 0 Å². The average Bonchev–Trinajstić information content (AvgIpc) is 3.13. The van der Waals surface area contributed by atoms with Crippen molar-refractivity contribution in [1.29, 1.82) is 0 Å². The molecule has 0 bridgehead atoms. The Bertz CT molecular complexity index is 812. The minimum atomic E-state index is -4.75. The molecule has 0 radical (unpaired) electrons. The third-order valence-corrected chi connectivity index (χ3v) is 4.27. The number of hydrogen-bond acceptors (Lipinski definition) is 7. The van der Waals surface area contributed by atoms with Crippen molar-refractivity contribution in [2.24, 2.45) is 0 Å². The summed E-state index contributed by atoms with van der Waals surface area (Å²) < 4.78 is 34.9. The molecule has 0 amide bonds. The first-order chi connectivity index (χ1) is 11.7. The van der Waals surface area contributed by atoms with Crippen molar-refractivity contribution in [1.82, 2.24) is 15.0 Å². The maximum Gasteiger partial charge on any atom is 0.469 e. The van der Waals surface area contributed by atoms with Gasteiger partial charge in [-0.1, -0.05) is 17.3 Å². The van der Waals surface area contributed by atoms with E-state index in [0.717, 1.165) is 4.68 Å². The maximum absolute atomic E-state index is 13.8. The van der Waals surface area contributed by atoms with Crippen LogP contribution in [-0.4, -0.2) is 60.4 Å². The van der Waals surface area contributed by atoms with Gasteiger partial charge in [0.05, 0.1) is 19.4 Å². The first-order valence-corrected chi connectivity index (χ1v) is 8.63. The molecule has 1 aromatic heterocycles. The summed E-state index contributed by atoms with van der Waals surface area (Å²) in [5, 5.41) is 28.3. The lowest BCUT2D eigenvalue weighted by Crippen LogP contribution is -2.47. The molecule has 136 valence electrons. The fourth-order valence-electron chi connectivity index (χ4n) is 2.46. The lowest BCUT2D eigenvalue weighted by atomic mass is 10.1. The Labute approximate surface area is 140 Å². The second-order valence-electron chi connectivity index (χ2n) is 5.49. The molecule has 0 aliphatic carbocycles. The van der Waals surface area contributed by atoms with Crippen molar-refractivity contribution in [2.45, 2.75) is 17.9 Å². The molecule has 1 aliphatic rings. The van der Waals surface area contributed by atoms with Gasteiger partial charge in [-0.3, -0.25) is 4.52 Å². The van der Waals surface area contributed by atoms with E-state index >= 15 is 0 Å². The van der Waals surface area contributed by atoms with Crippen LogP contribution in [0.5, 0.6) is 0 Å². The lowest BCUT2D eigenvalue weighted by molar-refractivity contribution is -0.121. The quantitative estimate of drug-likeness (QED) is 0.512. The van der Waals surface area contributed by atoms with Gasteiger partial charge in [0, 0.05) is 5.56 Å². The molecule has 3 atom stereocenters. The first kappa shape index (κ1) is 18.1. The summed E-state index contributed by atoms with van der Waals surface area (Å²) in [4.78, 5) is 17.4. The topological polar surface area (TPSA) is 147 Å². The fraction of sp³-hybridized carbons (Fsp3) is 0.385. The van der Waals surface area contributed by atoms with Crippen molar-refractivity contribution < 1.29 is 38.2 Å². The predicted molar refractivity (Wildman–Crippen MR) is 79.4 cm³/mol. The van der Waals surface area contributed by atoms with E-state index in [9.17, 15) is 19.2 Å². The van der Waals surface area contributed by atoms with Crippen LogP contribution in [0.4, 0.5) is 4.39 Å². The molecule has 0 spiro atoms. The van der Waals surface area contributed by atoms with Gasteiger partial charge in [0.15, 0.2) is 0 Å². The number of ether oxygens (including phenoxy) is 1.